The van der Waals surface area contributed by atoms with E-state index >= 15 is 0 Å². The van der Waals surface area contributed by atoms with E-state index in [1.807, 2.05) is 18.2 Å². The molecular weight excluding hydrogens is 1480 g/mol. The average Bonchev–Trinajstić information content (AvgIpc) is 0.779. The molecule has 0 bridgehead atoms. The van der Waals surface area contributed by atoms with E-state index in [0.29, 0.717) is 91.1 Å². The van der Waals surface area contributed by atoms with Gasteiger partial charge in [0.2, 0.25) is 11.5 Å². The molecule has 0 heterocycles. The largest absolute Gasteiger partial charge is 0.490 e. The fraction of sp³-hybridized carbons (Fsp3) is 0.686. The van der Waals surface area contributed by atoms with E-state index in [2.05, 4.69) is 46.7 Å². The predicted octanol–water partition coefficient (Wildman–Crippen LogP) is 33.6. The van der Waals surface area contributed by atoms with Crippen molar-refractivity contribution in [1.82, 2.24) is 0 Å². The first-order valence-corrected chi connectivity index (χ1v) is 49.2. The molecule has 0 radical (unpaired) electrons. The summed E-state index contributed by atoms with van der Waals surface area (Å²) < 4.78 is 57.5. The standard InChI is InChI=1S/C105H166N2O12/c1-7-13-19-25-31-37-43-49-55-61-83-111-97-81-79-95(99(113-85-63-57-51-45-39-33-27-21-15-9-3)101(97)115-87-65-59-53-47-41-35-29-23-17-11-5)105(110)119-92-73-69-90(70-74-92)104(109)118-94-77-75-93(76-78-94)117-103(108)89-67-71-91(72-68-89)106-107-96-80-82-98(112-84-62-56-50-44-38-32-26-20-14-8-2)102(116-88-66-60-54-48-42-36-30-24-18-12-6)100(96)114-86-64-58-52-46-40-34-28-22-16-10-4/h67-82H,7-66,83-88H2,1-6H3. The van der Waals surface area contributed by atoms with Gasteiger partial charge in [0.15, 0.2) is 23.0 Å². The molecule has 0 amide bonds. The molecule has 0 aliphatic heterocycles. The molecule has 0 aliphatic rings. The third-order valence-electron chi connectivity index (χ3n) is 22.8. The lowest BCUT2D eigenvalue weighted by atomic mass is 10.1. The van der Waals surface area contributed by atoms with Crippen molar-refractivity contribution in [2.24, 2.45) is 10.2 Å². The van der Waals surface area contributed by atoms with Crippen LogP contribution in [-0.4, -0.2) is 57.5 Å². The van der Waals surface area contributed by atoms with Gasteiger partial charge in [0.1, 0.15) is 28.5 Å². The molecule has 0 atom stereocenters. The SMILES string of the molecule is CCCCCCCCCCCCOc1ccc(N=Nc2ccc(C(=O)Oc3ccc(OC(=O)c4ccc(OC(=O)c5ccc(OCCCCCCCCCCCC)c(OCCCCCCCCCCCC)c5OCCCCCCCCCCCC)cc4)cc3)cc2)c(OCCCCCCCCCCCC)c1OCCCCCCCCCCCC. The van der Waals surface area contributed by atoms with Crippen molar-refractivity contribution >= 4 is 29.3 Å². The highest BCUT2D eigenvalue weighted by atomic mass is 16.6. The first-order valence-electron chi connectivity index (χ1n) is 49.2. The van der Waals surface area contributed by atoms with E-state index in [-0.39, 0.29) is 28.4 Å². The molecule has 5 aromatic rings. The van der Waals surface area contributed by atoms with Crippen LogP contribution in [0.25, 0.3) is 0 Å². The maximum Gasteiger partial charge on any atom is 0.347 e. The summed E-state index contributed by atoms with van der Waals surface area (Å²) in [5.74, 6) is 2.15. The number of unbranched alkanes of at least 4 members (excludes halogenated alkanes) is 54. The zero-order valence-electron chi connectivity index (χ0n) is 76.2. The molecule has 119 heavy (non-hydrogen) atoms. The van der Waals surface area contributed by atoms with Crippen LogP contribution in [0.5, 0.6) is 51.7 Å². The van der Waals surface area contributed by atoms with Gasteiger partial charge < -0.3 is 42.6 Å². The highest BCUT2D eigenvalue weighted by Gasteiger charge is 2.26. The van der Waals surface area contributed by atoms with Crippen LogP contribution in [-0.2, 0) is 0 Å². The number of benzene rings is 5. The Balaban J connectivity index is 1.24. The number of carbonyl (C=O) groups excluding carboxylic acids is 3. The second kappa shape index (κ2) is 71.5. The predicted molar refractivity (Wildman–Crippen MR) is 495 cm³/mol. The number of azo groups is 1. The second-order valence-corrected chi connectivity index (χ2v) is 33.6. The molecule has 0 saturated heterocycles. The van der Waals surface area contributed by atoms with Crippen molar-refractivity contribution in [2.75, 3.05) is 39.6 Å². The number of nitrogens with zero attached hydrogens (tertiary/aromatic N) is 2. The van der Waals surface area contributed by atoms with Gasteiger partial charge in [-0.05, 0) is 136 Å². The van der Waals surface area contributed by atoms with Crippen molar-refractivity contribution in [3.8, 4) is 51.7 Å². The summed E-state index contributed by atoms with van der Waals surface area (Å²) in [6.07, 6.45) is 73.7. The van der Waals surface area contributed by atoms with Gasteiger partial charge in [-0.3, -0.25) is 0 Å². The Morgan fingerprint density at radius 1 is 0.210 bits per heavy atom. The van der Waals surface area contributed by atoms with Crippen LogP contribution < -0.4 is 42.6 Å². The molecule has 0 unspecified atom stereocenters. The highest BCUT2D eigenvalue weighted by Crippen LogP contribution is 2.46. The Bertz CT molecular complexity index is 3320. The van der Waals surface area contributed by atoms with Crippen LogP contribution in [0.4, 0.5) is 11.4 Å². The van der Waals surface area contributed by atoms with E-state index in [0.717, 1.165) is 89.9 Å². The topological polar surface area (TPSA) is 159 Å². The summed E-state index contributed by atoms with van der Waals surface area (Å²) in [4.78, 5) is 41.7. The Morgan fingerprint density at radius 3 is 0.739 bits per heavy atom. The summed E-state index contributed by atoms with van der Waals surface area (Å²) in [6.45, 7) is 16.7. The van der Waals surface area contributed by atoms with Crippen molar-refractivity contribution in [2.45, 2.75) is 427 Å². The molecule has 0 N–H and O–H groups in total. The third-order valence-corrected chi connectivity index (χ3v) is 22.8. The molecule has 14 heteroatoms. The lowest BCUT2D eigenvalue weighted by molar-refractivity contribution is 0.0717. The fourth-order valence-corrected chi connectivity index (χ4v) is 15.2. The van der Waals surface area contributed by atoms with Gasteiger partial charge in [-0.2, -0.15) is 5.11 Å². The van der Waals surface area contributed by atoms with Crippen molar-refractivity contribution in [3.63, 3.8) is 0 Å². The van der Waals surface area contributed by atoms with Gasteiger partial charge in [0.25, 0.3) is 0 Å². The minimum atomic E-state index is -0.618. The van der Waals surface area contributed by atoms with Gasteiger partial charge in [0.05, 0.1) is 56.5 Å². The minimum Gasteiger partial charge on any atom is -0.490 e. The molecule has 0 aromatic heterocycles. The molecule has 5 rings (SSSR count). The van der Waals surface area contributed by atoms with Crippen LogP contribution in [0.2, 0.25) is 0 Å². The molecule has 14 nitrogen and oxygen atoms in total. The van der Waals surface area contributed by atoms with E-state index in [1.165, 1.54) is 295 Å². The van der Waals surface area contributed by atoms with Gasteiger partial charge in [-0.1, -0.05) is 388 Å². The Morgan fingerprint density at radius 2 is 0.437 bits per heavy atom. The number of hydrogen-bond donors (Lipinski definition) is 0. The lowest BCUT2D eigenvalue weighted by Crippen LogP contribution is -2.14. The number of hydrogen-bond acceptors (Lipinski definition) is 14. The monoisotopic (exact) mass is 1650 g/mol. The minimum absolute atomic E-state index is 0.245. The Kier molecular flexibility index (Phi) is 61.5. The summed E-state index contributed by atoms with van der Waals surface area (Å²) in [5, 5.41) is 9.45. The van der Waals surface area contributed by atoms with Gasteiger partial charge in [-0.25, -0.2) is 14.4 Å². The summed E-state index contributed by atoms with van der Waals surface area (Å²) >= 11 is 0. The fourth-order valence-electron chi connectivity index (χ4n) is 15.2. The van der Waals surface area contributed by atoms with E-state index in [9.17, 15) is 14.4 Å². The second-order valence-electron chi connectivity index (χ2n) is 33.6. The highest BCUT2D eigenvalue weighted by molar-refractivity contribution is 5.96. The molecule has 0 spiro atoms. The molecule has 0 saturated carbocycles. The number of esters is 3. The lowest BCUT2D eigenvalue weighted by Gasteiger charge is -2.20. The molecular formula is C105H166N2O12. The maximum atomic E-state index is 14.4. The molecule has 0 fully saturated rings. The maximum absolute atomic E-state index is 14.4. The average molecular weight is 1650 g/mol. The molecule has 5 aromatic carbocycles. The van der Waals surface area contributed by atoms with Crippen molar-refractivity contribution < 1.29 is 57.0 Å². The third kappa shape index (κ3) is 49.0. The van der Waals surface area contributed by atoms with E-state index < -0.39 is 17.9 Å². The summed E-state index contributed by atoms with van der Waals surface area (Å²) in [7, 11) is 0. The van der Waals surface area contributed by atoms with Crippen LogP contribution in [0.1, 0.15) is 458 Å². The Hall–Kier alpha value is -7.09. The van der Waals surface area contributed by atoms with E-state index in [1.54, 1.807) is 78.9 Å². The summed E-state index contributed by atoms with van der Waals surface area (Å²) in [5.41, 5.74) is 1.91. The van der Waals surface area contributed by atoms with Crippen LogP contribution in [0.3, 0.4) is 0 Å². The van der Waals surface area contributed by atoms with Gasteiger partial charge in [0, 0.05) is 0 Å². The smallest absolute Gasteiger partial charge is 0.347 e. The zero-order valence-corrected chi connectivity index (χ0v) is 76.2. The number of carbonyl (C=O) groups is 3. The normalized spacial score (nSPS) is 11.4. The van der Waals surface area contributed by atoms with Gasteiger partial charge >= 0.3 is 17.9 Å². The molecule has 0 aliphatic carbocycles. The number of ether oxygens (including phenoxy) is 9. The first-order chi connectivity index (χ1) is 58.7. The van der Waals surface area contributed by atoms with Crippen LogP contribution in [0.15, 0.2) is 107 Å². The number of rotatable bonds is 80. The zero-order chi connectivity index (χ0) is 84.6. The van der Waals surface area contributed by atoms with Gasteiger partial charge in [-0.15, -0.1) is 5.11 Å². The Labute approximate surface area is 724 Å². The van der Waals surface area contributed by atoms with E-state index in [4.69, 9.17) is 47.7 Å². The summed E-state index contributed by atoms with van der Waals surface area (Å²) in [6, 6.07) is 26.8. The van der Waals surface area contributed by atoms with Crippen LogP contribution in [0, 0.1) is 0 Å². The van der Waals surface area contributed by atoms with Crippen LogP contribution >= 0.6 is 0 Å². The van der Waals surface area contributed by atoms with Crippen molar-refractivity contribution in [3.05, 3.63) is 114 Å². The first kappa shape index (κ1) is 102. The molecule has 668 valence electrons. The quantitative estimate of drug-likeness (QED) is 0.0157. The van der Waals surface area contributed by atoms with Crippen molar-refractivity contribution in [1.29, 1.82) is 0 Å².